The third-order valence-electron chi connectivity index (χ3n) is 9.34. The Balaban J connectivity index is 1.28. The van der Waals surface area contributed by atoms with Gasteiger partial charge in [-0.1, -0.05) is 151 Å². The molecular weight excluding hydrogens is 569 g/mol. The maximum atomic E-state index is 9.23. The van der Waals surface area contributed by atoms with Crippen molar-refractivity contribution in [2.45, 2.75) is 0 Å². The topological polar surface area (TPSA) is 13.1 Å². The van der Waals surface area contributed by atoms with E-state index >= 15 is 0 Å². The smallest absolute Gasteiger partial charge is 0.143 e. The van der Waals surface area contributed by atoms with Crippen molar-refractivity contribution in [3.8, 4) is 33.4 Å². The van der Waals surface area contributed by atoms with E-state index in [1.54, 1.807) is 0 Å². The molecule has 0 radical (unpaired) electrons. The molecule has 1 heterocycles. The number of hydrogen-bond acceptors (Lipinski definition) is 1. The lowest BCUT2D eigenvalue weighted by molar-refractivity contribution is 0.673. The van der Waals surface area contributed by atoms with Crippen LogP contribution < -0.4 is 0 Å². The Bertz CT molecular complexity index is 3190. The number of rotatable bonds is 3. The van der Waals surface area contributed by atoms with Gasteiger partial charge in [-0.05, 0) is 89.3 Å². The molecular formula is C46H28O. The van der Waals surface area contributed by atoms with E-state index in [2.05, 4.69) is 54.6 Å². The summed E-state index contributed by atoms with van der Waals surface area (Å²) in [7, 11) is 0. The maximum Gasteiger partial charge on any atom is 0.143 e. The van der Waals surface area contributed by atoms with Gasteiger partial charge in [-0.25, -0.2) is 0 Å². The van der Waals surface area contributed by atoms with Gasteiger partial charge >= 0.3 is 0 Å². The van der Waals surface area contributed by atoms with Crippen molar-refractivity contribution in [1.29, 1.82) is 0 Å². The predicted molar refractivity (Wildman–Crippen MR) is 200 cm³/mol. The van der Waals surface area contributed by atoms with E-state index in [1.165, 1.54) is 0 Å². The molecule has 218 valence electrons. The van der Waals surface area contributed by atoms with E-state index in [0.29, 0.717) is 5.56 Å². The molecule has 0 amide bonds. The Morgan fingerprint density at radius 1 is 0.404 bits per heavy atom. The minimum Gasteiger partial charge on any atom is -0.455 e. The van der Waals surface area contributed by atoms with Gasteiger partial charge in [0.05, 0.1) is 9.60 Å². The van der Waals surface area contributed by atoms with Crippen LogP contribution in [0.15, 0.2) is 174 Å². The van der Waals surface area contributed by atoms with Gasteiger partial charge in [0.15, 0.2) is 0 Å². The summed E-state index contributed by atoms with van der Waals surface area (Å²) in [5.74, 6) is 0. The quantitative estimate of drug-likeness (QED) is 0.183. The zero-order valence-corrected chi connectivity index (χ0v) is 25.0. The Labute approximate surface area is 281 Å². The van der Waals surface area contributed by atoms with Gasteiger partial charge in [0.25, 0.3) is 0 Å². The fourth-order valence-electron chi connectivity index (χ4n) is 7.35. The van der Waals surface area contributed by atoms with Gasteiger partial charge in [-0.2, -0.15) is 0 Å². The standard InChI is InChI=1S/C46H28O/c1-3-17-33-29(12-1)14-10-24-36(33)44-39-21-7-5-19-37(39)43(38-20-6-8-22-40(38)44)32-16-9-15-31(28-32)34-23-11-25-42-45(34)41-27-26-30-13-2-4-18-35(30)46(41)47-42/h1-28H/i1D,3D,10D,12D,14D,17D,24D. The Kier molecular flexibility index (Phi) is 4.34. The van der Waals surface area contributed by atoms with Crippen molar-refractivity contribution in [1.82, 2.24) is 0 Å². The lowest BCUT2D eigenvalue weighted by atomic mass is 9.84. The second-order valence-electron chi connectivity index (χ2n) is 11.9. The van der Waals surface area contributed by atoms with E-state index in [9.17, 15) is 1.37 Å². The Morgan fingerprint density at radius 2 is 1.06 bits per heavy atom. The van der Waals surface area contributed by atoms with Crippen LogP contribution in [0.2, 0.25) is 0 Å². The predicted octanol–water partition coefficient (Wildman–Crippen LogP) is 13.2. The van der Waals surface area contributed by atoms with Crippen molar-refractivity contribution in [3.63, 3.8) is 0 Å². The first kappa shape index (κ1) is 20.0. The fraction of sp³-hybridized carbons (Fsp3) is 0. The van der Waals surface area contributed by atoms with E-state index in [0.717, 1.165) is 76.5 Å². The molecule has 1 heteroatoms. The molecule has 10 aromatic rings. The van der Waals surface area contributed by atoms with Crippen molar-refractivity contribution in [2.75, 3.05) is 0 Å². The Hall–Kier alpha value is -6.18. The van der Waals surface area contributed by atoms with Gasteiger partial charge in [0, 0.05) is 16.2 Å². The first-order valence-electron chi connectivity index (χ1n) is 19.1. The largest absolute Gasteiger partial charge is 0.455 e. The van der Waals surface area contributed by atoms with E-state index < -0.39 is 12.1 Å². The SMILES string of the molecule is [2H]c1c([2H])c([2H])c2c(-c3c4ccccc4c(-c4cccc(-c5cccc6oc7c8ccccc8ccc7c56)c4)c4ccccc34)c([2H])c([2H])c([2H])c2c1[2H]. The average molecular weight is 604 g/mol. The van der Waals surface area contributed by atoms with Crippen molar-refractivity contribution in [2.24, 2.45) is 0 Å². The van der Waals surface area contributed by atoms with Crippen molar-refractivity contribution in [3.05, 3.63) is 170 Å². The third kappa shape index (κ3) is 3.90. The van der Waals surface area contributed by atoms with E-state index in [-0.39, 0.29) is 46.5 Å². The highest BCUT2D eigenvalue weighted by Gasteiger charge is 2.19. The van der Waals surface area contributed by atoms with Crippen molar-refractivity contribution >= 4 is 65.0 Å². The van der Waals surface area contributed by atoms with Crippen LogP contribution in [-0.2, 0) is 0 Å². The molecule has 0 fully saturated rings. The normalized spacial score (nSPS) is 13.9. The highest BCUT2D eigenvalue weighted by atomic mass is 16.3. The highest BCUT2D eigenvalue weighted by molar-refractivity contribution is 6.24. The van der Waals surface area contributed by atoms with Gasteiger partial charge < -0.3 is 4.42 Å². The molecule has 0 aliphatic carbocycles. The number of fused-ring (bicyclic) bond motifs is 8. The maximum absolute atomic E-state index is 9.23. The number of furan rings is 1. The summed E-state index contributed by atoms with van der Waals surface area (Å²) in [5, 5.41) is 7.61. The van der Waals surface area contributed by atoms with Gasteiger partial charge in [0.1, 0.15) is 11.2 Å². The van der Waals surface area contributed by atoms with Crippen LogP contribution in [0.25, 0.3) is 98.4 Å². The summed E-state index contributed by atoms with van der Waals surface area (Å²) in [4.78, 5) is 0. The third-order valence-corrected chi connectivity index (χ3v) is 9.34. The average Bonchev–Trinajstić information content (AvgIpc) is 3.60. The van der Waals surface area contributed by atoms with Crippen molar-refractivity contribution < 1.29 is 14.0 Å². The number of hydrogen-bond donors (Lipinski definition) is 0. The summed E-state index contributed by atoms with van der Waals surface area (Å²) in [6.07, 6.45) is 0. The first-order valence-corrected chi connectivity index (χ1v) is 15.6. The van der Waals surface area contributed by atoms with Gasteiger partial charge in [-0.3, -0.25) is 0 Å². The number of benzene rings is 9. The summed E-state index contributed by atoms with van der Waals surface area (Å²) in [6, 6.07) is 40.2. The molecule has 1 aromatic heterocycles. The summed E-state index contributed by atoms with van der Waals surface area (Å²) in [5.41, 5.74) is 6.50. The molecule has 0 N–H and O–H groups in total. The summed E-state index contributed by atoms with van der Waals surface area (Å²) < 4.78 is 67.8. The fourth-order valence-corrected chi connectivity index (χ4v) is 7.35. The molecule has 0 aliphatic heterocycles. The van der Waals surface area contributed by atoms with E-state index in [4.69, 9.17) is 12.6 Å². The molecule has 47 heavy (non-hydrogen) atoms. The molecule has 0 saturated carbocycles. The molecule has 0 aliphatic rings. The van der Waals surface area contributed by atoms with Crippen LogP contribution >= 0.6 is 0 Å². The van der Waals surface area contributed by atoms with E-state index in [1.807, 2.05) is 72.8 Å². The van der Waals surface area contributed by atoms with Crippen LogP contribution in [0.1, 0.15) is 9.60 Å². The van der Waals surface area contributed by atoms with Gasteiger partial charge in [0.2, 0.25) is 0 Å². The molecule has 0 saturated heterocycles. The molecule has 0 spiro atoms. The molecule has 0 unspecified atom stereocenters. The minimum absolute atomic E-state index is 0.0594. The first-order chi connectivity index (χ1) is 26.2. The summed E-state index contributed by atoms with van der Waals surface area (Å²) >= 11 is 0. The molecule has 0 atom stereocenters. The highest BCUT2D eigenvalue weighted by Crippen LogP contribution is 2.46. The second kappa shape index (κ2) is 10.2. The molecule has 10 rings (SSSR count). The van der Waals surface area contributed by atoms with Crippen LogP contribution in [-0.4, -0.2) is 0 Å². The Morgan fingerprint density at radius 3 is 1.87 bits per heavy atom. The zero-order valence-electron chi connectivity index (χ0n) is 32.0. The molecule has 9 aromatic carbocycles. The van der Waals surface area contributed by atoms with Gasteiger partial charge in [-0.15, -0.1) is 0 Å². The van der Waals surface area contributed by atoms with Crippen LogP contribution in [0.4, 0.5) is 0 Å². The zero-order chi connectivity index (χ0) is 37.0. The lowest BCUT2D eigenvalue weighted by Gasteiger charge is -2.19. The summed E-state index contributed by atoms with van der Waals surface area (Å²) in [6.45, 7) is 0. The monoisotopic (exact) mass is 603 g/mol. The van der Waals surface area contributed by atoms with Crippen LogP contribution in [0.3, 0.4) is 0 Å². The minimum atomic E-state index is -0.471. The van der Waals surface area contributed by atoms with Crippen LogP contribution in [0, 0.1) is 0 Å². The lowest BCUT2D eigenvalue weighted by Crippen LogP contribution is -1.92. The molecule has 1 nitrogen and oxygen atoms in total. The van der Waals surface area contributed by atoms with Crippen LogP contribution in [0.5, 0.6) is 0 Å². The molecule has 0 bridgehead atoms. The second-order valence-corrected chi connectivity index (χ2v) is 11.9.